The topological polar surface area (TPSA) is 90.0 Å². The third-order valence-corrected chi connectivity index (χ3v) is 3.41. The first-order valence-electron chi connectivity index (χ1n) is 7.68. The van der Waals surface area contributed by atoms with Crippen molar-refractivity contribution < 1.29 is 4.79 Å². The van der Waals surface area contributed by atoms with Crippen molar-refractivity contribution in [2.45, 2.75) is 26.3 Å². The van der Waals surface area contributed by atoms with Gasteiger partial charge in [0.1, 0.15) is 5.69 Å². The van der Waals surface area contributed by atoms with E-state index in [2.05, 4.69) is 24.3 Å². The number of para-hydroxylation sites is 1. The van der Waals surface area contributed by atoms with E-state index in [1.165, 1.54) is 16.8 Å². The SMILES string of the molecule is CC(C)CC(CN)NC(=O)c1ccc(=O)n(-c2ccccc2)n1. The number of benzene rings is 1. The molecule has 1 amide bonds. The van der Waals surface area contributed by atoms with Gasteiger partial charge in [-0.25, -0.2) is 0 Å². The fourth-order valence-electron chi connectivity index (χ4n) is 2.33. The maximum Gasteiger partial charge on any atom is 0.272 e. The van der Waals surface area contributed by atoms with Crippen molar-refractivity contribution in [3.05, 3.63) is 58.5 Å². The summed E-state index contributed by atoms with van der Waals surface area (Å²) in [6.45, 7) is 4.51. The maximum atomic E-state index is 12.3. The molecule has 0 fully saturated rings. The second-order valence-corrected chi connectivity index (χ2v) is 5.84. The molecule has 1 aromatic carbocycles. The van der Waals surface area contributed by atoms with Gasteiger partial charge in [0, 0.05) is 18.7 Å². The molecule has 1 aromatic heterocycles. The van der Waals surface area contributed by atoms with Crippen LogP contribution in [0.2, 0.25) is 0 Å². The quantitative estimate of drug-likeness (QED) is 0.842. The molecular weight excluding hydrogens is 292 g/mol. The molecular formula is C17H22N4O2. The van der Waals surface area contributed by atoms with Gasteiger partial charge in [0.05, 0.1) is 5.69 Å². The van der Waals surface area contributed by atoms with E-state index in [4.69, 9.17) is 5.73 Å². The van der Waals surface area contributed by atoms with Crippen molar-refractivity contribution in [3.63, 3.8) is 0 Å². The number of hydrogen-bond acceptors (Lipinski definition) is 4. The minimum absolute atomic E-state index is 0.110. The number of rotatable bonds is 6. The monoisotopic (exact) mass is 314 g/mol. The Labute approximate surface area is 135 Å². The normalized spacial score (nSPS) is 12.2. The van der Waals surface area contributed by atoms with E-state index in [0.29, 0.717) is 18.2 Å². The summed E-state index contributed by atoms with van der Waals surface area (Å²) in [5, 5.41) is 7.03. The Balaban J connectivity index is 2.23. The number of nitrogens with one attached hydrogen (secondary N) is 1. The van der Waals surface area contributed by atoms with Gasteiger partial charge < -0.3 is 11.1 Å². The largest absolute Gasteiger partial charge is 0.347 e. The van der Waals surface area contributed by atoms with E-state index in [0.717, 1.165) is 6.42 Å². The van der Waals surface area contributed by atoms with Gasteiger partial charge in [-0.05, 0) is 30.5 Å². The molecule has 23 heavy (non-hydrogen) atoms. The first-order valence-corrected chi connectivity index (χ1v) is 7.68. The molecule has 0 aliphatic rings. The van der Waals surface area contributed by atoms with Crippen molar-refractivity contribution in [2.75, 3.05) is 6.54 Å². The summed E-state index contributed by atoms with van der Waals surface area (Å²) in [6.07, 6.45) is 0.792. The lowest BCUT2D eigenvalue weighted by atomic mass is 10.0. The lowest BCUT2D eigenvalue weighted by Gasteiger charge is -2.18. The highest BCUT2D eigenvalue weighted by molar-refractivity contribution is 5.92. The van der Waals surface area contributed by atoms with Gasteiger partial charge in [-0.3, -0.25) is 9.59 Å². The average Bonchev–Trinajstić information content (AvgIpc) is 2.54. The lowest BCUT2D eigenvalue weighted by molar-refractivity contribution is 0.0927. The van der Waals surface area contributed by atoms with Gasteiger partial charge in [-0.15, -0.1) is 0 Å². The van der Waals surface area contributed by atoms with Gasteiger partial charge in [-0.1, -0.05) is 32.0 Å². The predicted molar refractivity (Wildman–Crippen MR) is 89.6 cm³/mol. The third-order valence-electron chi connectivity index (χ3n) is 3.41. The molecule has 2 aromatic rings. The second-order valence-electron chi connectivity index (χ2n) is 5.84. The Kier molecular flexibility index (Phi) is 5.65. The van der Waals surface area contributed by atoms with Crippen molar-refractivity contribution in [2.24, 2.45) is 11.7 Å². The van der Waals surface area contributed by atoms with E-state index in [9.17, 15) is 9.59 Å². The predicted octanol–water partition coefficient (Wildman–Crippen LogP) is 1.34. The number of aromatic nitrogens is 2. The second kappa shape index (κ2) is 7.69. The van der Waals surface area contributed by atoms with Gasteiger partial charge in [0.2, 0.25) is 0 Å². The first-order chi connectivity index (χ1) is 11.0. The number of carbonyl (C=O) groups is 1. The smallest absolute Gasteiger partial charge is 0.272 e. The Morgan fingerprint density at radius 3 is 2.52 bits per heavy atom. The molecule has 1 unspecified atom stereocenters. The van der Waals surface area contributed by atoms with Crippen molar-refractivity contribution in [1.29, 1.82) is 0 Å². The summed E-state index contributed by atoms with van der Waals surface area (Å²) < 4.78 is 1.22. The molecule has 0 aliphatic heterocycles. The van der Waals surface area contributed by atoms with Crippen molar-refractivity contribution in [3.8, 4) is 5.69 Å². The molecule has 0 radical (unpaired) electrons. The maximum absolute atomic E-state index is 12.3. The molecule has 0 aliphatic carbocycles. The van der Waals surface area contributed by atoms with Gasteiger partial charge in [0.15, 0.2) is 0 Å². The zero-order chi connectivity index (χ0) is 16.8. The highest BCUT2D eigenvalue weighted by Crippen LogP contribution is 2.06. The van der Waals surface area contributed by atoms with Gasteiger partial charge >= 0.3 is 0 Å². The van der Waals surface area contributed by atoms with Crippen LogP contribution in [-0.4, -0.2) is 28.3 Å². The molecule has 3 N–H and O–H groups in total. The van der Waals surface area contributed by atoms with Crippen LogP contribution in [0.3, 0.4) is 0 Å². The van der Waals surface area contributed by atoms with Crippen LogP contribution in [0.1, 0.15) is 30.8 Å². The molecule has 1 heterocycles. The van der Waals surface area contributed by atoms with Gasteiger partial charge in [0.25, 0.3) is 11.5 Å². The van der Waals surface area contributed by atoms with E-state index in [-0.39, 0.29) is 23.2 Å². The molecule has 0 spiro atoms. The summed E-state index contributed by atoms with van der Waals surface area (Å²) >= 11 is 0. The Bertz CT molecular complexity index is 710. The number of hydrogen-bond donors (Lipinski definition) is 2. The Hall–Kier alpha value is -2.47. The lowest BCUT2D eigenvalue weighted by Crippen LogP contribution is -2.41. The van der Waals surface area contributed by atoms with Crippen LogP contribution in [0.15, 0.2) is 47.3 Å². The highest BCUT2D eigenvalue weighted by atomic mass is 16.2. The molecule has 0 saturated carbocycles. The van der Waals surface area contributed by atoms with Crippen LogP contribution < -0.4 is 16.6 Å². The minimum Gasteiger partial charge on any atom is -0.347 e. The first kappa shape index (κ1) is 16.9. The van der Waals surface area contributed by atoms with Crippen LogP contribution in [0.4, 0.5) is 0 Å². The van der Waals surface area contributed by atoms with E-state index < -0.39 is 0 Å². The zero-order valence-electron chi connectivity index (χ0n) is 13.4. The highest BCUT2D eigenvalue weighted by Gasteiger charge is 2.16. The number of carbonyl (C=O) groups excluding carboxylic acids is 1. The van der Waals surface area contributed by atoms with Crippen LogP contribution in [0, 0.1) is 5.92 Å². The fraction of sp³-hybridized carbons (Fsp3) is 0.353. The summed E-state index contributed by atoms with van der Waals surface area (Å²) in [6, 6.07) is 11.7. The van der Waals surface area contributed by atoms with Crippen molar-refractivity contribution >= 4 is 5.91 Å². The molecule has 0 bridgehead atoms. The van der Waals surface area contributed by atoms with E-state index in [1.807, 2.05) is 18.2 Å². The van der Waals surface area contributed by atoms with Crippen LogP contribution >= 0.6 is 0 Å². The Morgan fingerprint density at radius 1 is 1.22 bits per heavy atom. The Morgan fingerprint density at radius 2 is 1.91 bits per heavy atom. The van der Waals surface area contributed by atoms with Gasteiger partial charge in [-0.2, -0.15) is 9.78 Å². The molecule has 6 heteroatoms. The third kappa shape index (κ3) is 4.50. The van der Waals surface area contributed by atoms with Crippen LogP contribution in [0.5, 0.6) is 0 Å². The molecule has 2 rings (SSSR count). The molecule has 122 valence electrons. The standard InChI is InChI=1S/C17H22N4O2/c1-12(2)10-13(11-18)19-17(23)15-8-9-16(22)21(20-15)14-6-4-3-5-7-14/h3-9,12-13H,10-11,18H2,1-2H3,(H,19,23). The number of nitrogens with zero attached hydrogens (tertiary/aromatic N) is 2. The molecule has 6 nitrogen and oxygen atoms in total. The fourth-order valence-corrected chi connectivity index (χ4v) is 2.33. The van der Waals surface area contributed by atoms with Crippen LogP contribution in [0.25, 0.3) is 5.69 Å². The molecule has 0 saturated heterocycles. The molecule has 1 atom stereocenters. The summed E-state index contributed by atoms with van der Waals surface area (Å²) in [7, 11) is 0. The van der Waals surface area contributed by atoms with Crippen molar-refractivity contribution in [1.82, 2.24) is 15.1 Å². The number of nitrogens with two attached hydrogens (primary N) is 1. The number of amides is 1. The van der Waals surface area contributed by atoms with Crippen LogP contribution in [-0.2, 0) is 0 Å². The minimum atomic E-state index is -0.328. The zero-order valence-corrected chi connectivity index (χ0v) is 13.4. The van der Waals surface area contributed by atoms with E-state index >= 15 is 0 Å². The average molecular weight is 314 g/mol. The summed E-state index contributed by atoms with van der Waals surface area (Å²) in [5.74, 6) is 0.0980. The van der Waals surface area contributed by atoms with E-state index in [1.54, 1.807) is 12.1 Å². The summed E-state index contributed by atoms with van der Waals surface area (Å²) in [4.78, 5) is 24.3. The summed E-state index contributed by atoms with van der Waals surface area (Å²) in [5.41, 5.74) is 6.22.